The smallest absolute Gasteiger partial charge is 0.251 e. The van der Waals surface area contributed by atoms with Gasteiger partial charge in [0.25, 0.3) is 5.56 Å². The molecule has 0 bridgehead atoms. The topological polar surface area (TPSA) is 88.6 Å². The van der Waals surface area contributed by atoms with Crippen molar-refractivity contribution in [3.05, 3.63) is 76.0 Å². The van der Waals surface area contributed by atoms with Gasteiger partial charge in [0.1, 0.15) is 5.69 Å². The zero-order valence-electron chi connectivity index (χ0n) is 17.6. The first-order chi connectivity index (χ1) is 14.4. The molecule has 0 spiro atoms. The van der Waals surface area contributed by atoms with E-state index < -0.39 is 0 Å². The van der Waals surface area contributed by atoms with Crippen LogP contribution < -0.4 is 5.56 Å². The Morgan fingerprint density at radius 3 is 2.33 bits per heavy atom. The number of benzene rings is 1. The standard InChI is InChI=1S/C24H26N4O2/c1-15(2)16-5-7-17(8-6-16)18(24(3)9-10-24)13-20(29)19-14-21(30)28-23(27-19)22-25-11-4-12-26-22/h4-8,11-12,14-15,18H,9-10,13H2,1-3H3,(H,27,28,30)/t18-/m0/s1. The Bertz CT molecular complexity index is 1100. The number of ketones is 1. The van der Waals surface area contributed by atoms with Gasteiger partial charge in [-0.1, -0.05) is 45.0 Å². The molecule has 0 amide bonds. The molecule has 0 radical (unpaired) electrons. The van der Waals surface area contributed by atoms with Crippen LogP contribution in [0.5, 0.6) is 0 Å². The number of carbonyl (C=O) groups excluding carboxylic acids is 1. The van der Waals surface area contributed by atoms with Crippen molar-refractivity contribution < 1.29 is 4.79 Å². The van der Waals surface area contributed by atoms with E-state index in [0.29, 0.717) is 18.2 Å². The van der Waals surface area contributed by atoms with Crippen LogP contribution in [0.3, 0.4) is 0 Å². The van der Waals surface area contributed by atoms with Crippen LogP contribution >= 0.6 is 0 Å². The summed E-state index contributed by atoms with van der Waals surface area (Å²) in [7, 11) is 0. The maximum Gasteiger partial charge on any atom is 0.251 e. The number of carbonyl (C=O) groups is 1. The molecule has 1 saturated carbocycles. The fraction of sp³-hybridized carbons (Fsp3) is 0.375. The number of aromatic amines is 1. The second-order valence-corrected chi connectivity index (χ2v) is 8.71. The van der Waals surface area contributed by atoms with Crippen molar-refractivity contribution in [2.24, 2.45) is 5.41 Å². The molecule has 3 aromatic rings. The molecule has 1 aliphatic carbocycles. The van der Waals surface area contributed by atoms with Gasteiger partial charge in [0.15, 0.2) is 17.4 Å². The van der Waals surface area contributed by atoms with E-state index in [1.807, 2.05) is 0 Å². The van der Waals surface area contributed by atoms with Gasteiger partial charge in [-0.05, 0) is 47.3 Å². The van der Waals surface area contributed by atoms with E-state index in [0.717, 1.165) is 12.8 Å². The van der Waals surface area contributed by atoms with Gasteiger partial charge in [0, 0.05) is 24.9 Å². The molecule has 2 heterocycles. The Morgan fingerprint density at radius 1 is 1.10 bits per heavy atom. The average Bonchev–Trinajstić information content (AvgIpc) is 3.50. The summed E-state index contributed by atoms with van der Waals surface area (Å²) in [5.74, 6) is 0.934. The molecule has 6 heteroatoms. The quantitative estimate of drug-likeness (QED) is 0.588. The van der Waals surface area contributed by atoms with Crippen LogP contribution in [0.15, 0.2) is 53.6 Å². The van der Waals surface area contributed by atoms with Crippen LogP contribution in [-0.2, 0) is 0 Å². The summed E-state index contributed by atoms with van der Waals surface area (Å²) < 4.78 is 0. The largest absolute Gasteiger partial charge is 0.304 e. The van der Waals surface area contributed by atoms with Crippen molar-refractivity contribution in [3.8, 4) is 11.6 Å². The third-order valence-electron chi connectivity index (χ3n) is 6.08. The first kappa shape index (κ1) is 20.1. The molecule has 30 heavy (non-hydrogen) atoms. The van der Waals surface area contributed by atoms with Crippen molar-refractivity contribution in [1.29, 1.82) is 0 Å². The molecule has 0 saturated heterocycles. The van der Waals surface area contributed by atoms with E-state index in [1.54, 1.807) is 18.5 Å². The SMILES string of the molecule is CC(C)c1ccc([C@H](CC(=O)c2cc(=O)[nH]c(-c3ncccn3)n2)C2(C)CC2)cc1. The predicted molar refractivity (Wildman–Crippen MR) is 115 cm³/mol. The van der Waals surface area contributed by atoms with Gasteiger partial charge in [-0.25, -0.2) is 15.0 Å². The Kier molecular flexibility index (Phi) is 5.33. The second-order valence-electron chi connectivity index (χ2n) is 8.71. The highest BCUT2D eigenvalue weighted by molar-refractivity contribution is 5.95. The molecule has 2 aromatic heterocycles. The zero-order valence-corrected chi connectivity index (χ0v) is 17.6. The molecule has 1 fully saturated rings. The third kappa shape index (κ3) is 4.22. The van der Waals surface area contributed by atoms with Crippen molar-refractivity contribution in [3.63, 3.8) is 0 Å². The summed E-state index contributed by atoms with van der Waals surface area (Å²) in [6.45, 7) is 6.57. The summed E-state index contributed by atoms with van der Waals surface area (Å²) in [6, 6.07) is 11.5. The second kappa shape index (κ2) is 7.94. The highest BCUT2D eigenvalue weighted by atomic mass is 16.1. The van der Waals surface area contributed by atoms with Crippen LogP contribution in [0.25, 0.3) is 11.6 Å². The minimum atomic E-state index is -0.383. The lowest BCUT2D eigenvalue weighted by atomic mass is 9.80. The van der Waals surface area contributed by atoms with Crippen LogP contribution in [0.4, 0.5) is 0 Å². The minimum absolute atomic E-state index is 0.101. The molecule has 0 aliphatic heterocycles. The predicted octanol–water partition coefficient (Wildman–Crippen LogP) is 4.51. The van der Waals surface area contributed by atoms with Gasteiger partial charge in [-0.2, -0.15) is 0 Å². The summed E-state index contributed by atoms with van der Waals surface area (Å²) in [6.07, 6.45) is 5.66. The van der Waals surface area contributed by atoms with Gasteiger partial charge in [0.05, 0.1) is 0 Å². The van der Waals surface area contributed by atoms with Gasteiger partial charge in [-0.15, -0.1) is 0 Å². The molecule has 6 nitrogen and oxygen atoms in total. The number of H-pyrrole nitrogens is 1. The molecule has 1 aliphatic rings. The van der Waals surface area contributed by atoms with E-state index in [-0.39, 0.29) is 34.2 Å². The fourth-order valence-corrected chi connectivity index (χ4v) is 3.84. The molecule has 0 unspecified atom stereocenters. The van der Waals surface area contributed by atoms with E-state index in [9.17, 15) is 9.59 Å². The third-order valence-corrected chi connectivity index (χ3v) is 6.08. The maximum atomic E-state index is 13.2. The van der Waals surface area contributed by atoms with E-state index >= 15 is 0 Å². The number of Topliss-reactive ketones (excluding diaryl/α,β-unsaturated/α-hetero) is 1. The van der Waals surface area contributed by atoms with Crippen LogP contribution in [0.2, 0.25) is 0 Å². The Morgan fingerprint density at radius 2 is 1.73 bits per heavy atom. The number of nitrogens with zero attached hydrogens (tertiary/aromatic N) is 3. The monoisotopic (exact) mass is 402 g/mol. The van der Waals surface area contributed by atoms with Crippen molar-refractivity contribution in [2.75, 3.05) is 0 Å². The van der Waals surface area contributed by atoms with Gasteiger partial charge >= 0.3 is 0 Å². The van der Waals surface area contributed by atoms with E-state index in [1.165, 1.54) is 17.2 Å². The highest BCUT2D eigenvalue weighted by Crippen LogP contribution is 2.57. The first-order valence-electron chi connectivity index (χ1n) is 10.4. The molecule has 1 aromatic carbocycles. The Labute approximate surface area is 175 Å². The summed E-state index contributed by atoms with van der Waals surface area (Å²) in [5.41, 5.74) is 2.35. The van der Waals surface area contributed by atoms with Crippen molar-refractivity contribution in [2.45, 2.75) is 51.9 Å². The molecule has 4 rings (SSSR count). The number of rotatable bonds is 7. The van der Waals surface area contributed by atoms with Crippen molar-refractivity contribution in [1.82, 2.24) is 19.9 Å². The lowest BCUT2D eigenvalue weighted by Gasteiger charge is -2.24. The lowest BCUT2D eigenvalue weighted by Crippen LogP contribution is -2.19. The summed E-state index contributed by atoms with van der Waals surface area (Å²) >= 11 is 0. The molecular weight excluding hydrogens is 376 g/mol. The number of hydrogen-bond donors (Lipinski definition) is 1. The van der Waals surface area contributed by atoms with E-state index in [2.05, 4.69) is 65.0 Å². The highest BCUT2D eigenvalue weighted by Gasteiger charge is 2.46. The maximum absolute atomic E-state index is 13.2. The lowest BCUT2D eigenvalue weighted by molar-refractivity contribution is 0.0957. The van der Waals surface area contributed by atoms with Gasteiger partial charge in [0.2, 0.25) is 0 Å². The molecule has 1 N–H and O–H groups in total. The first-order valence-corrected chi connectivity index (χ1v) is 10.4. The van der Waals surface area contributed by atoms with E-state index in [4.69, 9.17) is 0 Å². The summed E-state index contributed by atoms with van der Waals surface area (Å²) in [4.78, 5) is 40.5. The normalized spacial score (nSPS) is 15.7. The molecular formula is C24H26N4O2. The van der Waals surface area contributed by atoms with Crippen LogP contribution in [-0.4, -0.2) is 25.7 Å². The minimum Gasteiger partial charge on any atom is -0.304 e. The fourth-order valence-electron chi connectivity index (χ4n) is 3.84. The Balaban J connectivity index is 1.62. The zero-order chi connectivity index (χ0) is 21.3. The molecule has 1 atom stereocenters. The van der Waals surface area contributed by atoms with Crippen molar-refractivity contribution >= 4 is 5.78 Å². The van der Waals surface area contributed by atoms with Crippen LogP contribution in [0, 0.1) is 5.41 Å². The number of aromatic nitrogens is 4. The van der Waals surface area contributed by atoms with Gasteiger partial charge < -0.3 is 4.98 Å². The Hall–Kier alpha value is -3.15. The number of hydrogen-bond acceptors (Lipinski definition) is 5. The molecule has 154 valence electrons. The number of nitrogens with one attached hydrogen (secondary N) is 1. The van der Waals surface area contributed by atoms with Gasteiger partial charge in [-0.3, -0.25) is 9.59 Å². The summed E-state index contributed by atoms with van der Waals surface area (Å²) in [5, 5.41) is 0. The van der Waals surface area contributed by atoms with Crippen LogP contribution in [0.1, 0.15) is 73.5 Å². The average molecular weight is 402 g/mol.